The van der Waals surface area contributed by atoms with E-state index in [1.165, 1.54) is 18.4 Å². The van der Waals surface area contributed by atoms with Gasteiger partial charge >= 0.3 is 0 Å². The summed E-state index contributed by atoms with van der Waals surface area (Å²) >= 11 is 1.22. The number of thiophene rings is 1. The van der Waals surface area contributed by atoms with Crippen LogP contribution < -0.4 is 14.9 Å². The molecule has 0 atom stereocenters. The highest BCUT2D eigenvalue weighted by atomic mass is 32.2. The van der Waals surface area contributed by atoms with Crippen molar-refractivity contribution >= 4 is 42.0 Å². The van der Waals surface area contributed by atoms with Crippen molar-refractivity contribution in [2.75, 3.05) is 14.2 Å². The normalized spacial score (nSPS) is 11.6. The van der Waals surface area contributed by atoms with Crippen LogP contribution in [-0.2, 0) is 9.84 Å². The molecule has 0 bridgehead atoms. The zero-order chi connectivity index (χ0) is 24.7. The second-order valence-electron chi connectivity index (χ2n) is 8.13. The molecule has 35 heavy (non-hydrogen) atoms. The first-order chi connectivity index (χ1) is 16.9. The van der Waals surface area contributed by atoms with Crippen molar-refractivity contribution in [2.24, 2.45) is 0 Å². The Balaban J connectivity index is 2.12. The Morgan fingerprint density at radius 1 is 0.829 bits per heavy atom. The summed E-state index contributed by atoms with van der Waals surface area (Å²) in [5, 5.41) is 3.66. The number of aryl methyl sites for hydroxylation is 1. The van der Waals surface area contributed by atoms with Crippen LogP contribution in [0.1, 0.15) is 5.56 Å². The molecule has 1 heterocycles. The second-order valence-corrected chi connectivity index (χ2v) is 10.9. The van der Waals surface area contributed by atoms with Gasteiger partial charge in [-0.25, -0.2) is 8.42 Å². The molecule has 0 N–H and O–H groups in total. The van der Waals surface area contributed by atoms with Gasteiger partial charge in [0, 0.05) is 22.4 Å². The highest BCUT2D eigenvalue weighted by Gasteiger charge is 2.30. The highest BCUT2D eigenvalue weighted by molar-refractivity contribution is 7.91. The number of sulfone groups is 1. The van der Waals surface area contributed by atoms with E-state index in [1.54, 1.807) is 55.0 Å². The molecule has 4 aromatic carbocycles. The lowest BCUT2D eigenvalue weighted by molar-refractivity contribution is 0.398. The molecule has 0 aliphatic carbocycles. The van der Waals surface area contributed by atoms with Crippen LogP contribution in [0.5, 0.6) is 11.5 Å². The Labute approximate surface area is 207 Å². The van der Waals surface area contributed by atoms with Crippen molar-refractivity contribution in [1.29, 1.82) is 0 Å². The zero-order valence-electron chi connectivity index (χ0n) is 19.4. The van der Waals surface area contributed by atoms with Gasteiger partial charge in [0.05, 0.1) is 23.8 Å². The largest absolute Gasteiger partial charge is 0.497 e. The molecule has 0 amide bonds. The summed E-state index contributed by atoms with van der Waals surface area (Å²) in [4.78, 5) is 13.9. The number of hydrogen-bond acceptors (Lipinski definition) is 6. The van der Waals surface area contributed by atoms with E-state index in [4.69, 9.17) is 9.47 Å². The van der Waals surface area contributed by atoms with Crippen LogP contribution in [0.25, 0.3) is 32.0 Å². The maximum atomic E-state index is 14.2. The topological polar surface area (TPSA) is 69.7 Å². The molecule has 5 aromatic rings. The number of methoxy groups -OCH3 is 2. The first-order valence-corrected chi connectivity index (χ1v) is 13.2. The predicted molar refractivity (Wildman–Crippen MR) is 141 cm³/mol. The highest BCUT2D eigenvalue weighted by Crippen LogP contribution is 2.44. The summed E-state index contributed by atoms with van der Waals surface area (Å²) < 4.78 is 40.0. The maximum Gasteiger partial charge on any atom is 0.216 e. The molecule has 7 heteroatoms. The van der Waals surface area contributed by atoms with Gasteiger partial charge in [-0.1, -0.05) is 48.0 Å². The van der Waals surface area contributed by atoms with Gasteiger partial charge in [0.25, 0.3) is 0 Å². The Bertz CT molecular complexity index is 1740. The number of rotatable bonds is 5. The molecule has 1 aromatic heterocycles. The minimum atomic E-state index is -4.20. The van der Waals surface area contributed by atoms with Crippen LogP contribution in [0.4, 0.5) is 0 Å². The van der Waals surface area contributed by atoms with Crippen LogP contribution in [0.2, 0.25) is 0 Å². The molecular formula is C28H22O5S2. The molecule has 0 fully saturated rings. The third-order valence-corrected chi connectivity index (χ3v) is 8.77. The van der Waals surface area contributed by atoms with Crippen LogP contribution in [0.15, 0.2) is 92.8 Å². The fourth-order valence-electron chi connectivity index (χ4n) is 4.34. The Kier molecular flexibility index (Phi) is 5.83. The molecule has 0 aliphatic rings. The van der Waals surface area contributed by atoms with E-state index >= 15 is 0 Å². The van der Waals surface area contributed by atoms with E-state index in [0.717, 1.165) is 5.56 Å². The van der Waals surface area contributed by atoms with Crippen molar-refractivity contribution in [3.05, 3.63) is 94.0 Å². The maximum absolute atomic E-state index is 14.2. The monoisotopic (exact) mass is 502 g/mol. The van der Waals surface area contributed by atoms with E-state index in [2.05, 4.69) is 0 Å². The molecule has 5 nitrogen and oxygen atoms in total. The number of benzene rings is 3. The third-order valence-electron chi connectivity index (χ3n) is 6.04. The minimum absolute atomic E-state index is 0.0638. The van der Waals surface area contributed by atoms with Crippen molar-refractivity contribution in [3.8, 4) is 22.6 Å². The molecule has 0 aliphatic heterocycles. The summed E-state index contributed by atoms with van der Waals surface area (Å²) in [6.07, 6.45) is 0. The lowest BCUT2D eigenvalue weighted by Crippen LogP contribution is -2.15. The van der Waals surface area contributed by atoms with Gasteiger partial charge < -0.3 is 9.47 Å². The van der Waals surface area contributed by atoms with E-state index in [-0.39, 0.29) is 9.79 Å². The lowest BCUT2D eigenvalue weighted by atomic mass is 9.99. The number of hydrogen-bond donors (Lipinski definition) is 0. The first-order valence-electron chi connectivity index (χ1n) is 10.9. The summed E-state index contributed by atoms with van der Waals surface area (Å²) in [7, 11) is -1.13. The molecule has 0 saturated carbocycles. The summed E-state index contributed by atoms with van der Waals surface area (Å²) in [5.41, 5.74) is 1.31. The van der Waals surface area contributed by atoms with E-state index in [9.17, 15) is 13.2 Å². The quantitative estimate of drug-likeness (QED) is 0.285. The number of ether oxygens (including phenoxy) is 2. The van der Waals surface area contributed by atoms with Gasteiger partial charge in [0.1, 0.15) is 16.4 Å². The van der Waals surface area contributed by atoms with Gasteiger partial charge in [-0.2, -0.15) is 0 Å². The first kappa shape index (κ1) is 23.1. The molecule has 0 spiro atoms. The summed E-state index contributed by atoms with van der Waals surface area (Å²) in [6, 6.07) is 21.0. The fraction of sp³-hybridized carbons (Fsp3) is 0.107. The fourth-order valence-corrected chi connectivity index (χ4v) is 6.82. The predicted octanol–water partition coefficient (Wildman–Crippen LogP) is 6.24. The van der Waals surface area contributed by atoms with Crippen LogP contribution >= 0.6 is 11.3 Å². The van der Waals surface area contributed by atoms with E-state index < -0.39 is 15.3 Å². The summed E-state index contributed by atoms with van der Waals surface area (Å²) in [5.74, 6) is 0.962. The van der Waals surface area contributed by atoms with Gasteiger partial charge in [-0.05, 0) is 47.5 Å². The molecule has 0 radical (unpaired) electrons. The third kappa shape index (κ3) is 3.77. The molecular weight excluding hydrogens is 480 g/mol. The van der Waals surface area contributed by atoms with Crippen LogP contribution in [0, 0.1) is 6.92 Å². The van der Waals surface area contributed by atoms with Crippen LogP contribution in [0.3, 0.4) is 0 Å². The van der Waals surface area contributed by atoms with E-state index in [0.29, 0.717) is 43.5 Å². The smallest absolute Gasteiger partial charge is 0.216 e. The average Bonchev–Trinajstić information content (AvgIpc) is 3.33. The molecule has 5 rings (SSSR count). The van der Waals surface area contributed by atoms with Crippen LogP contribution in [-0.4, -0.2) is 22.6 Å². The standard InChI is InChI=1S/C28H22O5S2/c1-17-9-11-20(12-10-17)35(30,31)28-24(18-7-5-4-6-8-18)25-22(15-19(32-2)16-23(25)33-3)21-13-14-34-27(21)26(28)29/h4-16H,1-3H3. The molecule has 0 saturated heterocycles. The Hall–Kier alpha value is -3.68. The van der Waals surface area contributed by atoms with E-state index in [1.807, 2.05) is 37.3 Å². The van der Waals surface area contributed by atoms with Gasteiger partial charge in [-0.3, -0.25) is 4.79 Å². The van der Waals surface area contributed by atoms with Crippen molar-refractivity contribution in [1.82, 2.24) is 0 Å². The molecule has 176 valence electrons. The minimum Gasteiger partial charge on any atom is -0.497 e. The van der Waals surface area contributed by atoms with Crippen molar-refractivity contribution in [2.45, 2.75) is 16.7 Å². The zero-order valence-corrected chi connectivity index (χ0v) is 21.0. The van der Waals surface area contributed by atoms with Crippen molar-refractivity contribution in [3.63, 3.8) is 0 Å². The Morgan fingerprint density at radius 2 is 1.54 bits per heavy atom. The Morgan fingerprint density at radius 3 is 2.20 bits per heavy atom. The average molecular weight is 503 g/mol. The SMILES string of the molecule is COc1cc(OC)c2c(-c3ccccc3)c(S(=O)(=O)c3ccc(C)cc3)c(=O)c3sccc3c2c1. The van der Waals surface area contributed by atoms with Gasteiger partial charge in [0.2, 0.25) is 15.3 Å². The van der Waals surface area contributed by atoms with Gasteiger partial charge in [0.15, 0.2) is 0 Å². The van der Waals surface area contributed by atoms with Crippen molar-refractivity contribution < 1.29 is 17.9 Å². The number of fused-ring (bicyclic) bond motifs is 3. The summed E-state index contributed by atoms with van der Waals surface area (Å²) in [6.45, 7) is 1.88. The second kappa shape index (κ2) is 8.83. The molecule has 0 unspecified atom stereocenters. The lowest BCUT2D eigenvalue weighted by Gasteiger charge is -2.14. The van der Waals surface area contributed by atoms with Gasteiger partial charge in [-0.15, -0.1) is 11.3 Å².